The highest BCUT2D eigenvalue weighted by Gasteiger charge is 2.12. The van der Waals surface area contributed by atoms with E-state index in [2.05, 4.69) is 16.6 Å². The Balaban J connectivity index is 1.86. The Bertz CT molecular complexity index is 912. The van der Waals surface area contributed by atoms with Crippen LogP contribution in [0.25, 0.3) is 0 Å². The van der Waals surface area contributed by atoms with Gasteiger partial charge in [-0.15, -0.1) is 0 Å². The summed E-state index contributed by atoms with van der Waals surface area (Å²) in [6.45, 7) is 1.46. The molecule has 7 heteroatoms. The molecule has 0 aliphatic rings. The Hall–Kier alpha value is -2.33. The summed E-state index contributed by atoms with van der Waals surface area (Å²) in [7, 11) is -3.67. The molecule has 0 unspecified atom stereocenters. The van der Waals surface area contributed by atoms with E-state index in [9.17, 15) is 13.2 Å². The Morgan fingerprint density at radius 1 is 1.12 bits per heavy atom. The highest BCUT2D eigenvalue weighted by atomic mass is 35.5. The van der Waals surface area contributed by atoms with E-state index in [0.29, 0.717) is 16.3 Å². The number of hydrogen-bond acceptors (Lipinski definition) is 4. The molecular weight excluding hydrogens is 362 g/mol. The van der Waals surface area contributed by atoms with Crippen LogP contribution in [0.15, 0.2) is 53.4 Å². The molecule has 5 nitrogen and oxygen atoms in total. The van der Waals surface area contributed by atoms with E-state index in [1.807, 2.05) is 0 Å². The lowest BCUT2D eigenvalue weighted by Crippen LogP contribution is -2.24. The molecule has 0 fully saturated rings. The van der Waals surface area contributed by atoms with Gasteiger partial charge in [0.1, 0.15) is 12.4 Å². The van der Waals surface area contributed by atoms with Gasteiger partial charge >= 0.3 is 0 Å². The van der Waals surface area contributed by atoms with Gasteiger partial charge in [-0.1, -0.05) is 47.7 Å². The van der Waals surface area contributed by atoms with Crippen molar-refractivity contribution in [3.63, 3.8) is 0 Å². The van der Waals surface area contributed by atoms with Crippen molar-refractivity contribution < 1.29 is 17.9 Å². The number of benzene rings is 2. The molecule has 0 saturated heterocycles. The van der Waals surface area contributed by atoms with Crippen molar-refractivity contribution in [2.75, 3.05) is 13.2 Å². The first-order chi connectivity index (χ1) is 11.9. The van der Waals surface area contributed by atoms with Crippen LogP contribution >= 0.6 is 11.6 Å². The van der Waals surface area contributed by atoms with E-state index in [1.54, 1.807) is 24.3 Å². The Morgan fingerprint density at radius 2 is 1.80 bits per heavy atom. The van der Waals surface area contributed by atoms with Gasteiger partial charge < -0.3 is 4.74 Å². The lowest BCUT2D eigenvalue weighted by molar-refractivity contribution is 0.101. The molecular formula is C18H16ClNO4S. The molecule has 0 heterocycles. The molecule has 0 bridgehead atoms. The van der Waals surface area contributed by atoms with E-state index < -0.39 is 10.0 Å². The number of para-hydroxylation sites is 1. The van der Waals surface area contributed by atoms with E-state index in [-0.39, 0.29) is 23.8 Å². The van der Waals surface area contributed by atoms with Crippen molar-refractivity contribution in [1.29, 1.82) is 0 Å². The highest BCUT2D eigenvalue weighted by Crippen LogP contribution is 2.22. The van der Waals surface area contributed by atoms with Crippen LogP contribution in [0.2, 0.25) is 5.02 Å². The van der Waals surface area contributed by atoms with Crippen LogP contribution in [0.3, 0.4) is 0 Å². The van der Waals surface area contributed by atoms with Crippen molar-refractivity contribution in [3.05, 3.63) is 59.1 Å². The Kier molecular flexibility index (Phi) is 6.59. The maximum Gasteiger partial charge on any atom is 0.241 e. The molecule has 0 aliphatic heterocycles. The predicted octanol–water partition coefficient (Wildman–Crippen LogP) is 2.90. The molecule has 0 aromatic heterocycles. The summed E-state index contributed by atoms with van der Waals surface area (Å²) >= 11 is 5.94. The topological polar surface area (TPSA) is 72.5 Å². The normalized spacial score (nSPS) is 10.6. The average Bonchev–Trinajstić information content (AvgIpc) is 2.59. The van der Waals surface area contributed by atoms with Gasteiger partial charge in [0.05, 0.1) is 16.5 Å². The third-order valence-corrected chi connectivity index (χ3v) is 4.91. The van der Waals surface area contributed by atoms with Gasteiger partial charge in [0.25, 0.3) is 0 Å². The zero-order valence-electron chi connectivity index (χ0n) is 13.5. The largest absolute Gasteiger partial charge is 0.479 e. The number of carbonyl (C=O) groups is 1. The van der Waals surface area contributed by atoms with Crippen molar-refractivity contribution in [2.24, 2.45) is 0 Å². The summed E-state index contributed by atoms with van der Waals surface area (Å²) in [5, 5.41) is 0.485. The number of nitrogens with one attached hydrogen (secondary N) is 1. The number of sulfonamides is 1. The minimum atomic E-state index is -3.67. The molecule has 0 amide bonds. The van der Waals surface area contributed by atoms with Crippen LogP contribution in [0.1, 0.15) is 17.3 Å². The van der Waals surface area contributed by atoms with Crippen LogP contribution in [0.5, 0.6) is 5.75 Å². The number of halogens is 1. The number of ether oxygens (including phenoxy) is 1. The minimum Gasteiger partial charge on any atom is -0.479 e. The maximum absolute atomic E-state index is 12.1. The second-order valence-corrected chi connectivity index (χ2v) is 7.15. The smallest absolute Gasteiger partial charge is 0.241 e. The van der Waals surface area contributed by atoms with Gasteiger partial charge in [0.15, 0.2) is 5.78 Å². The van der Waals surface area contributed by atoms with Crippen LogP contribution in [0.4, 0.5) is 0 Å². The average molecular weight is 378 g/mol. The van der Waals surface area contributed by atoms with Gasteiger partial charge in [-0.25, -0.2) is 8.42 Å². The van der Waals surface area contributed by atoms with Gasteiger partial charge in [-0.3, -0.25) is 4.79 Å². The van der Waals surface area contributed by atoms with Crippen molar-refractivity contribution >= 4 is 27.4 Å². The molecule has 25 heavy (non-hydrogen) atoms. The first-order valence-electron chi connectivity index (χ1n) is 7.34. The first kappa shape index (κ1) is 19.0. The zero-order valence-corrected chi connectivity index (χ0v) is 15.0. The van der Waals surface area contributed by atoms with E-state index >= 15 is 0 Å². The fourth-order valence-corrected chi connectivity index (χ4v) is 2.99. The van der Waals surface area contributed by atoms with Crippen molar-refractivity contribution in [1.82, 2.24) is 4.72 Å². The molecule has 2 rings (SSSR count). The number of hydrogen-bond donors (Lipinski definition) is 1. The molecule has 2 aromatic rings. The number of carbonyl (C=O) groups excluding carboxylic acids is 1. The third kappa shape index (κ3) is 5.61. The summed E-state index contributed by atoms with van der Waals surface area (Å²) in [6, 6.07) is 12.7. The minimum absolute atomic E-state index is 0.0529. The number of Topliss-reactive ketones (excluding diaryl/α,β-unsaturated/α-hetero) is 1. The fourth-order valence-electron chi connectivity index (χ4n) is 1.87. The zero-order chi connectivity index (χ0) is 18.3. The Morgan fingerprint density at radius 3 is 2.44 bits per heavy atom. The van der Waals surface area contributed by atoms with Crippen molar-refractivity contribution in [3.8, 4) is 17.6 Å². The molecule has 0 radical (unpaired) electrons. The van der Waals surface area contributed by atoms with Crippen LogP contribution in [-0.2, 0) is 10.0 Å². The second kappa shape index (κ2) is 8.67. The molecule has 0 saturated carbocycles. The molecule has 1 N–H and O–H groups in total. The summed E-state index contributed by atoms with van der Waals surface area (Å²) < 4.78 is 31.9. The molecule has 2 aromatic carbocycles. The van der Waals surface area contributed by atoms with Crippen LogP contribution < -0.4 is 9.46 Å². The lowest BCUT2D eigenvalue weighted by Gasteiger charge is -2.04. The highest BCUT2D eigenvalue weighted by molar-refractivity contribution is 7.89. The predicted molar refractivity (Wildman–Crippen MR) is 96.4 cm³/mol. The molecule has 0 atom stereocenters. The summed E-state index contributed by atoms with van der Waals surface area (Å²) in [4.78, 5) is 11.3. The molecule has 130 valence electrons. The van der Waals surface area contributed by atoms with Crippen LogP contribution in [-0.4, -0.2) is 27.4 Å². The summed E-state index contributed by atoms with van der Waals surface area (Å²) in [5.41, 5.74) is 0.454. The van der Waals surface area contributed by atoms with Gasteiger partial charge in [-0.05, 0) is 31.2 Å². The number of rotatable bonds is 6. The quantitative estimate of drug-likeness (QED) is 0.620. The van der Waals surface area contributed by atoms with E-state index in [4.69, 9.17) is 16.3 Å². The van der Waals surface area contributed by atoms with Gasteiger partial charge in [0, 0.05) is 5.56 Å². The third-order valence-electron chi connectivity index (χ3n) is 3.18. The number of ketones is 1. The Labute approximate surface area is 152 Å². The first-order valence-corrected chi connectivity index (χ1v) is 9.20. The SMILES string of the molecule is CC(=O)c1ccc(S(=O)(=O)NCC#CCOc2ccccc2Cl)cc1. The standard InChI is InChI=1S/C18H16ClNO4S/c1-14(21)15-8-10-16(11-9-15)25(22,23)20-12-4-5-13-24-18-7-3-2-6-17(18)19/h2-3,6-11,20H,12-13H2,1H3. The van der Waals surface area contributed by atoms with Gasteiger partial charge in [0.2, 0.25) is 10.0 Å². The second-order valence-electron chi connectivity index (χ2n) is 4.98. The molecule has 0 aliphatic carbocycles. The monoisotopic (exact) mass is 377 g/mol. The van der Waals surface area contributed by atoms with E-state index in [1.165, 1.54) is 31.2 Å². The maximum atomic E-state index is 12.1. The van der Waals surface area contributed by atoms with Gasteiger partial charge in [-0.2, -0.15) is 4.72 Å². The fraction of sp³-hybridized carbons (Fsp3) is 0.167. The summed E-state index contributed by atoms with van der Waals surface area (Å²) in [5.74, 6) is 5.77. The summed E-state index contributed by atoms with van der Waals surface area (Å²) in [6.07, 6.45) is 0. The van der Waals surface area contributed by atoms with Crippen molar-refractivity contribution in [2.45, 2.75) is 11.8 Å². The van der Waals surface area contributed by atoms with E-state index in [0.717, 1.165) is 0 Å². The molecule has 0 spiro atoms. The van der Waals surface area contributed by atoms with Crippen LogP contribution in [0, 0.1) is 11.8 Å². The lowest BCUT2D eigenvalue weighted by atomic mass is 10.2.